The Bertz CT molecular complexity index is 668. The van der Waals surface area contributed by atoms with Gasteiger partial charge in [-0.1, -0.05) is 12.1 Å². The third-order valence-corrected chi connectivity index (χ3v) is 7.04. The van der Waals surface area contributed by atoms with Gasteiger partial charge in [0.15, 0.2) is 0 Å². The molecular weight excluding hydrogens is 334 g/mol. The third kappa shape index (κ3) is 4.07. The van der Waals surface area contributed by atoms with Crippen molar-refractivity contribution in [1.82, 2.24) is 5.32 Å². The van der Waals surface area contributed by atoms with Crippen LogP contribution in [0.4, 0.5) is 0 Å². The number of ether oxygens (including phenoxy) is 1. The zero-order chi connectivity index (χ0) is 19.0. The van der Waals surface area contributed by atoms with Crippen LogP contribution in [0.1, 0.15) is 64.9 Å². The summed E-state index contributed by atoms with van der Waals surface area (Å²) in [7, 11) is 0. The van der Waals surface area contributed by atoms with Gasteiger partial charge in [0.25, 0.3) is 0 Å². The fourth-order valence-corrected chi connectivity index (χ4v) is 6.22. The SMILES string of the molecule is CC(C)Oc1ccc(/C=C\C(=O)N[C@H](C)C23CC4CC(CC(C4)C2)C3)cc1. The molecule has 5 rings (SSSR count). The van der Waals surface area contributed by atoms with E-state index in [0.29, 0.717) is 5.41 Å². The van der Waals surface area contributed by atoms with E-state index in [1.54, 1.807) is 6.08 Å². The van der Waals surface area contributed by atoms with E-state index in [2.05, 4.69) is 12.2 Å². The van der Waals surface area contributed by atoms with Crippen LogP contribution in [-0.2, 0) is 4.79 Å². The maximum Gasteiger partial charge on any atom is 0.244 e. The quantitative estimate of drug-likeness (QED) is 0.701. The molecule has 0 unspecified atom stereocenters. The monoisotopic (exact) mass is 367 g/mol. The van der Waals surface area contributed by atoms with Gasteiger partial charge in [0.2, 0.25) is 5.91 Å². The molecule has 4 saturated carbocycles. The molecule has 1 aromatic carbocycles. The van der Waals surface area contributed by atoms with Crippen molar-refractivity contribution in [2.45, 2.75) is 71.4 Å². The van der Waals surface area contributed by atoms with Gasteiger partial charge in [-0.05, 0) is 106 Å². The van der Waals surface area contributed by atoms with Crippen LogP contribution in [0.15, 0.2) is 30.3 Å². The Labute approximate surface area is 163 Å². The molecule has 0 aliphatic heterocycles. The number of carbonyl (C=O) groups excluding carboxylic acids is 1. The average molecular weight is 368 g/mol. The molecule has 3 heteroatoms. The number of nitrogens with one attached hydrogen (secondary N) is 1. The summed E-state index contributed by atoms with van der Waals surface area (Å²) >= 11 is 0. The van der Waals surface area contributed by atoms with Crippen LogP contribution < -0.4 is 10.1 Å². The van der Waals surface area contributed by atoms with Gasteiger partial charge in [0.05, 0.1) is 6.10 Å². The van der Waals surface area contributed by atoms with Crippen molar-refractivity contribution in [3.63, 3.8) is 0 Å². The third-order valence-electron chi connectivity index (χ3n) is 7.04. The van der Waals surface area contributed by atoms with Gasteiger partial charge in [0, 0.05) is 12.1 Å². The molecule has 4 aliphatic rings. The van der Waals surface area contributed by atoms with Crippen molar-refractivity contribution in [3.8, 4) is 5.75 Å². The molecule has 0 spiro atoms. The highest BCUT2D eigenvalue weighted by Gasteiger charge is 2.53. The van der Waals surface area contributed by atoms with Crippen LogP contribution in [0.2, 0.25) is 0 Å². The number of rotatable bonds is 6. The van der Waals surface area contributed by atoms with Crippen LogP contribution in [0, 0.1) is 23.2 Å². The second-order valence-electron chi connectivity index (χ2n) is 9.58. The van der Waals surface area contributed by atoms with Gasteiger partial charge in [-0.2, -0.15) is 0 Å². The molecule has 1 N–H and O–H groups in total. The summed E-state index contributed by atoms with van der Waals surface area (Å²) in [6.45, 7) is 6.27. The van der Waals surface area contributed by atoms with Gasteiger partial charge in [0.1, 0.15) is 5.75 Å². The van der Waals surface area contributed by atoms with Crippen LogP contribution in [-0.4, -0.2) is 18.1 Å². The molecule has 146 valence electrons. The van der Waals surface area contributed by atoms with Crippen LogP contribution in [0.25, 0.3) is 6.08 Å². The lowest BCUT2D eigenvalue weighted by atomic mass is 9.48. The molecule has 0 radical (unpaired) electrons. The smallest absolute Gasteiger partial charge is 0.244 e. The molecule has 4 fully saturated rings. The molecule has 1 aromatic rings. The molecule has 1 amide bonds. The first-order valence-corrected chi connectivity index (χ1v) is 10.7. The summed E-state index contributed by atoms with van der Waals surface area (Å²) in [6.07, 6.45) is 12.0. The standard InChI is InChI=1S/C24H33NO2/c1-16(2)27-22-7-4-18(5-8-22)6-9-23(26)25-17(3)24-13-19-10-20(14-24)12-21(11-19)15-24/h4-9,16-17,19-21H,10-15H2,1-3H3,(H,25,26)/b9-6-/t17-,19?,20?,21?,24?/m1/s1. The van der Waals surface area contributed by atoms with E-state index in [9.17, 15) is 4.79 Å². The maximum atomic E-state index is 12.5. The van der Waals surface area contributed by atoms with E-state index in [0.717, 1.165) is 29.1 Å². The molecular formula is C24H33NO2. The zero-order valence-electron chi connectivity index (χ0n) is 16.9. The molecule has 4 bridgehead atoms. The fourth-order valence-electron chi connectivity index (χ4n) is 6.22. The fraction of sp³-hybridized carbons (Fsp3) is 0.625. The summed E-state index contributed by atoms with van der Waals surface area (Å²) < 4.78 is 5.66. The Balaban J connectivity index is 1.34. The highest BCUT2D eigenvalue weighted by molar-refractivity contribution is 5.91. The lowest BCUT2D eigenvalue weighted by Gasteiger charge is -2.59. The van der Waals surface area contributed by atoms with E-state index in [-0.39, 0.29) is 18.1 Å². The highest BCUT2D eigenvalue weighted by atomic mass is 16.5. The van der Waals surface area contributed by atoms with Crippen LogP contribution in [0.5, 0.6) is 5.75 Å². The Kier molecular flexibility index (Phi) is 5.05. The summed E-state index contributed by atoms with van der Waals surface area (Å²) in [6, 6.07) is 8.16. The molecule has 0 aromatic heterocycles. The lowest BCUT2D eigenvalue weighted by Crippen LogP contribution is -2.55. The first kappa shape index (κ1) is 18.6. The molecule has 1 atom stereocenters. The second kappa shape index (κ2) is 7.33. The summed E-state index contributed by atoms with van der Waals surface area (Å²) in [4.78, 5) is 12.5. The topological polar surface area (TPSA) is 38.3 Å². The van der Waals surface area contributed by atoms with Crippen molar-refractivity contribution >= 4 is 12.0 Å². The predicted octanol–water partition coefficient (Wildman–Crippen LogP) is 5.21. The second-order valence-corrected chi connectivity index (χ2v) is 9.58. The maximum absolute atomic E-state index is 12.5. The van der Waals surface area contributed by atoms with Gasteiger partial charge >= 0.3 is 0 Å². The van der Waals surface area contributed by atoms with Gasteiger partial charge in [-0.15, -0.1) is 0 Å². The largest absolute Gasteiger partial charge is 0.491 e. The van der Waals surface area contributed by atoms with Crippen molar-refractivity contribution < 1.29 is 9.53 Å². The number of hydrogen-bond acceptors (Lipinski definition) is 2. The first-order valence-electron chi connectivity index (χ1n) is 10.7. The zero-order valence-corrected chi connectivity index (χ0v) is 16.9. The van der Waals surface area contributed by atoms with Crippen molar-refractivity contribution in [1.29, 1.82) is 0 Å². The van der Waals surface area contributed by atoms with E-state index < -0.39 is 0 Å². The molecule has 27 heavy (non-hydrogen) atoms. The minimum absolute atomic E-state index is 0.0285. The van der Waals surface area contributed by atoms with Gasteiger partial charge < -0.3 is 10.1 Å². The van der Waals surface area contributed by atoms with E-state index >= 15 is 0 Å². The number of benzene rings is 1. The van der Waals surface area contributed by atoms with Crippen molar-refractivity contribution in [2.24, 2.45) is 23.2 Å². The number of amides is 1. The Morgan fingerprint density at radius 2 is 1.59 bits per heavy atom. The van der Waals surface area contributed by atoms with Gasteiger partial charge in [-0.25, -0.2) is 0 Å². The minimum atomic E-state index is 0.0285. The van der Waals surface area contributed by atoms with E-state index in [4.69, 9.17) is 4.74 Å². The Morgan fingerprint density at radius 3 is 2.11 bits per heavy atom. The normalized spacial score (nSPS) is 32.8. The summed E-state index contributed by atoms with van der Waals surface area (Å²) in [5.74, 6) is 3.64. The minimum Gasteiger partial charge on any atom is -0.491 e. The lowest BCUT2D eigenvalue weighted by molar-refractivity contribution is -0.121. The van der Waals surface area contributed by atoms with Crippen molar-refractivity contribution in [2.75, 3.05) is 0 Å². The number of hydrogen-bond donors (Lipinski definition) is 1. The van der Waals surface area contributed by atoms with Crippen LogP contribution in [0.3, 0.4) is 0 Å². The highest BCUT2D eigenvalue weighted by Crippen LogP contribution is 2.61. The van der Waals surface area contributed by atoms with Crippen molar-refractivity contribution in [3.05, 3.63) is 35.9 Å². The summed E-state index contributed by atoms with van der Waals surface area (Å²) in [5, 5.41) is 3.29. The molecule has 0 saturated heterocycles. The average Bonchev–Trinajstić information content (AvgIpc) is 2.59. The first-order chi connectivity index (χ1) is 12.9. The molecule has 3 nitrogen and oxygen atoms in total. The molecule has 4 aliphatic carbocycles. The summed E-state index contributed by atoms with van der Waals surface area (Å²) in [5.41, 5.74) is 1.37. The predicted molar refractivity (Wildman–Crippen MR) is 109 cm³/mol. The number of carbonyl (C=O) groups is 1. The van der Waals surface area contributed by atoms with Crippen LogP contribution >= 0.6 is 0 Å². The Morgan fingerprint density at radius 1 is 1.04 bits per heavy atom. The Hall–Kier alpha value is -1.77. The van der Waals surface area contributed by atoms with E-state index in [1.807, 2.05) is 44.2 Å². The molecule has 0 heterocycles. The van der Waals surface area contributed by atoms with Gasteiger partial charge in [-0.3, -0.25) is 4.79 Å². The van der Waals surface area contributed by atoms with E-state index in [1.165, 1.54) is 38.5 Å².